The second-order valence-corrected chi connectivity index (χ2v) is 10.9. The van der Waals surface area contributed by atoms with Crippen LogP contribution < -0.4 is 4.74 Å². The van der Waals surface area contributed by atoms with Crippen molar-refractivity contribution < 1.29 is 18.7 Å². The minimum absolute atomic E-state index is 0.0563. The monoisotopic (exact) mass is 522 g/mol. The predicted molar refractivity (Wildman–Crippen MR) is 146 cm³/mol. The van der Waals surface area contributed by atoms with Gasteiger partial charge in [-0.3, -0.25) is 9.59 Å². The van der Waals surface area contributed by atoms with Crippen LogP contribution >= 0.6 is 11.3 Å². The van der Waals surface area contributed by atoms with Crippen molar-refractivity contribution in [2.75, 3.05) is 26.2 Å². The van der Waals surface area contributed by atoms with Gasteiger partial charge in [0.1, 0.15) is 24.7 Å². The smallest absolute Gasteiger partial charge is 0.254 e. The molecule has 0 fully saturated rings. The van der Waals surface area contributed by atoms with Gasteiger partial charge < -0.3 is 14.5 Å². The fraction of sp³-hybridized carbons (Fsp3) is 0.400. The molecule has 5 nitrogen and oxygen atoms in total. The highest BCUT2D eigenvalue weighted by atomic mass is 32.1. The van der Waals surface area contributed by atoms with E-state index < -0.39 is 5.82 Å². The Hall–Kier alpha value is -3.19. The largest absolute Gasteiger partial charge is 0.491 e. The number of benzene rings is 2. The van der Waals surface area contributed by atoms with E-state index in [0.717, 1.165) is 29.7 Å². The van der Waals surface area contributed by atoms with Crippen molar-refractivity contribution in [1.29, 1.82) is 0 Å². The maximum Gasteiger partial charge on any atom is 0.254 e. The lowest BCUT2D eigenvalue weighted by Crippen LogP contribution is -2.48. The molecule has 1 aliphatic rings. The van der Waals surface area contributed by atoms with Crippen LogP contribution in [0.3, 0.4) is 0 Å². The van der Waals surface area contributed by atoms with Gasteiger partial charge >= 0.3 is 0 Å². The molecular formula is C30H35FN2O3S. The van der Waals surface area contributed by atoms with Crippen molar-refractivity contribution >= 4 is 23.2 Å². The molecule has 0 unspecified atom stereocenters. The summed E-state index contributed by atoms with van der Waals surface area (Å²) in [5, 5.41) is 2.06. The van der Waals surface area contributed by atoms with E-state index >= 15 is 0 Å². The van der Waals surface area contributed by atoms with Crippen molar-refractivity contribution in [3.63, 3.8) is 0 Å². The highest BCUT2D eigenvalue weighted by Gasteiger charge is 2.34. The van der Waals surface area contributed by atoms with Crippen molar-refractivity contribution in [3.8, 4) is 5.75 Å². The molecule has 1 aromatic heterocycles. The Morgan fingerprint density at radius 1 is 1.19 bits per heavy atom. The Labute approximate surface area is 222 Å². The molecule has 2 aromatic carbocycles. The van der Waals surface area contributed by atoms with Gasteiger partial charge in [0.25, 0.3) is 5.91 Å². The van der Waals surface area contributed by atoms with Crippen molar-refractivity contribution in [3.05, 3.63) is 86.9 Å². The van der Waals surface area contributed by atoms with Crippen molar-refractivity contribution in [1.82, 2.24) is 9.80 Å². The lowest BCUT2D eigenvalue weighted by molar-refractivity contribution is -0.135. The summed E-state index contributed by atoms with van der Waals surface area (Å²) in [4.78, 5) is 31.8. The molecule has 0 spiro atoms. The first-order valence-electron chi connectivity index (χ1n) is 12.9. The third-order valence-corrected chi connectivity index (χ3v) is 8.05. The maximum atomic E-state index is 13.9. The van der Waals surface area contributed by atoms with Gasteiger partial charge in [0.2, 0.25) is 5.91 Å². The summed E-state index contributed by atoms with van der Waals surface area (Å²) >= 11 is 1.70. The summed E-state index contributed by atoms with van der Waals surface area (Å²) in [6.45, 7) is 9.45. The summed E-state index contributed by atoms with van der Waals surface area (Å²) in [6.07, 6.45) is 1.65. The van der Waals surface area contributed by atoms with Gasteiger partial charge in [-0.05, 0) is 73.0 Å². The number of halogens is 1. The molecule has 0 bridgehead atoms. The number of thiophene rings is 1. The normalized spacial score (nSPS) is 15.7. The van der Waals surface area contributed by atoms with Gasteiger partial charge in [0.05, 0.1) is 6.04 Å². The van der Waals surface area contributed by atoms with Crippen LogP contribution in [0.5, 0.6) is 5.75 Å². The molecule has 2 amide bonds. The second kappa shape index (κ2) is 11.9. The van der Waals surface area contributed by atoms with E-state index in [0.29, 0.717) is 19.7 Å². The number of hydrogen-bond acceptors (Lipinski definition) is 4. The van der Waals surface area contributed by atoms with Gasteiger partial charge in [-0.2, -0.15) is 0 Å². The van der Waals surface area contributed by atoms with Crippen LogP contribution in [0.2, 0.25) is 0 Å². The van der Waals surface area contributed by atoms with Crippen LogP contribution in [0, 0.1) is 25.6 Å². The van der Waals surface area contributed by atoms with Crippen LogP contribution in [0.25, 0.3) is 0 Å². The lowest BCUT2D eigenvalue weighted by atomic mass is 10.00. The van der Waals surface area contributed by atoms with Gasteiger partial charge in [0.15, 0.2) is 0 Å². The number of ether oxygens (including phenoxy) is 1. The van der Waals surface area contributed by atoms with Crippen LogP contribution in [0.4, 0.5) is 4.39 Å². The summed E-state index contributed by atoms with van der Waals surface area (Å²) in [5.41, 5.74) is 3.59. The SMILES string of the molecule is CC[C@@H](C)CN(CC(=O)N1CCc2sccc2[C@H]1COc1ccc(C)cc1C)C(=O)c1cccc(F)c1. The van der Waals surface area contributed by atoms with E-state index in [4.69, 9.17) is 4.74 Å². The zero-order valence-electron chi connectivity index (χ0n) is 22.0. The van der Waals surface area contributed by atoms with Gasteiger partial charge in [-0.15, -0.1) is 11.3 Å². The molecule has 0 aliphatic carbocycles. The molecule has 7 heteroatoms. The fourth-order valence-electron chi connectivity index (χ4n) is 4.79. The topological polar surface area (TPSA) is 49.9 Å². The van der Waals surface area contributed by atoms with Crippen LogP contribution in [0.1, 0.15) is 58.2 Å². The molecular weight excluding hydrogens is 487 g/mol. The minimum atomic E-state index is -0.467. The van der Waals surface area contributed by atoms with Gasteiger partial charge in [-0.25, -0.2) is 4.39 Å². The van der Waals surface area contributed by atoms with E-state index in [1.807, 2.05) is 30.9 Å². The number of nitrogens with zero attached hydrogens (tertiary/aromatic N) is 2. The van der Waals surface area contributed by atoms with E-state index in [1.165, 1.54) is 28.6 Å². The predicted octanol–water partition coefficient (Wildman–Crippen LogP) is 6.20. The number of aryl methyl sites for hydroxylation is 2. The molecule has 2 heterocycles. The van der Waals surface area contributed by atoms with Crippen molar-refractivity contribution in [2.24, 2.45) is 5.92 Å². The van der Waals surface area contributed by atoms with E-state index in [2.05, 4.69) is 31.4 Å². The quantitative estimate of drug-likeness (QED) is 0.336. The Kier molecular flexibility index (Phi) is 8.64. The Morgan fingerprint density at radius 2 is 2.00 bits per heavy atom. The third-order valence-electron chi connectivity index (χ3n) is 7.06. The summed E-state index contributed by atoms with van der Waals surface area (Å²) in [6, 6.07) is 13.6. The molecule has 37 heavy (non-hydrogen) atoms. The highest BCUT2D eigenvalue weighted by Crippen LogP contribution is 2.34. The summed E-state index contributed by atoms with van der Waals surface area (Å²) in [5.74, 6) is 0.0905. The molecule has 1 aliphatic heterocycles. The zero-order chi connectivity index (χ0) is 26.5. The molecule has 0 N–H and O–H groups in total. The Balaban J connectivity index is 1.55. The third kappa shape index (κ3) is 6.39. The van der Waals surface area contributed by atoms with Gasteiger partial charge in [0, 0.05) is 23.5 Å². The Bertz CT molecular complexity index is 1260. The van der Waals surface area contributed by atoms with Crippen LogP contribution in [-0.4, -0.2) is 47.9 Å². The number of hydrogen-bond donors (Lipinski definition) is 0. The van der Waals surface area contributed by atoms with Crippen molar-refractivity contribution in [2.45, 2.75) is 46.6 Å². The number of rotatable bonds is 9. The first-order chi connectivity index (χ1) is 17.8. The molecule has 3 aromatic rings. The summed E-state index contributed by atoms with van der Waals surface area (Å²) in [7, 11) is 0. The summed E-state index contributed by atoms with van der Waals surface area (Å²) < 4.78 is 20.1. The Morgan fingerprint density at radius 3 is 2.73 bits per heavy atom. The van der Waals surface area contributed by atoms with Gasteiger partial charge in [-0.1, -0.05) is 44.0 Å². The molecule has 0 saturated heterocycles. The van der Waals surface area contributed by atoms with Crippen LogP contribution in [0.15, 0.2) is 53.9 Å². The number of fused-ring (bicyclic) bond motifs is 1. The highest BCUT2D eigenvalue weighted by molar-refractivity contribution is 7.10. The minimum Gasteiger partial charge on any atom is -0.491 e. The van der Waals surface area contributed by atoms with E-state index in [-0.39, 0.29) is 35.9 Å². The average molecular weight is 523 g/mol. The molecule has 4 rings (SSSR count). The van der Waals surface area contributed by atoms with Crippen LogP contribution in [-0.2, 0) is 11.2 Å². The molecule has 0 radical (unpaired) electrons. The molecule has 2 atom stereocenters. The lowest BCUT2D eigenvalue weighted by Gasteiger charge is -2.37. The standard InChI is InChI=1S/C30H35FN2O3S/c1-5-20(2)17-32(30(35)23-7-6-8-24(31)16-23)18-29(34)33-13-11-28-25(12-14-37-28)26(33)19-36-27-10-9-21(3)15-22(27)4/h6-10,12,14-16,20,26H,5,11,13,17-19H2,1-4H3/t20-,26-/m1/s1. The second-order valence-electron chi connectivity index (χ2n) is 9.94. The van der Waals surface area contributed by atoms with E-state index in [1.54, 1.807) is 22.3 Å². The molecule has 196 valence electrons. The first kappa shape index (κ1) is 26.9. The first-order valence-corrected chi connectivity index (χ1v) is 13.7. The maximum absolute atomic E-state index is 13.9. The number of carbonyl (C=O) groups excluding carboxylic acids is 2. The fourth-order valence-corrected chi connectivity index (χ4v) is 5.72. The molecule has 0 saturated carbocycles. The zero-order valence-corrected chi connectivity index (χ0v) is 22.8. The average Bonchev–Trinajstić information content (AvgIpc) is 3.36. The number of amides is 2. The number of carbonyl (C=O) groups is 2. The van der Waals surface area contributed by atoms with E-state index in [9.17, 15) is 14.0 Å².